The highest BCUT2D eigenvalue weighted by atomic mass is 16.6. The van der Waals surface area contributed by atoms with E-state index in [0.29, 0.717) is 12.6 Å². The van der Waals surface area contributed by atoms with E-state index in [1.54, 1.807) is 0 Å². The van der Waals surface area contributed by atoms with Crippen LogP contribution in [0.15, 0.2) is 24.3 Å². The molecule has 5 heteroatoms. The number of nitrogens with two attached hydrogens (primary N) is 1. The van der Waals surface area contributed by atoms with Crippen LogP contribution >= 0.6 is 0 Å². The molecule has 2 aliphatic heterocycles. The molecule has 2 saturated heterocycles. The second-order valence-electron chi connectivity index (χ2n) is 7.78. The summed E-state index contributed by atoms with van der Waals surface area (Å²) in [5, 5.41) is 0. The molecule has 0 radical (unpaired) electrons. The molecule has 2 unspecified atom stereocenters. The van der Waals surface area contributed by atoms with Crippen molar-refractivity contribution in [3.8, 4) is 0 Å². The molecule has 1 aromatic carbocycles. The predicted molar refractivity (Wildman–Crippen MR) is 96.3 cm³/mol. The summed E-state index contributed by atoms with van der Waals surface area (Å²) in [6.07, 6.45) is 2.76. The van der Waals surface area contributed by atoms with Gasteiger partial charge in [-0.05, 0) is 64.3 Å². The first-order valence-corrected chi connectivity index (χ1v) is 8.94. The Balaban J connectivity index is 1.67. The molecular weight excluding hydrogens is 302 g/mol. The van der Waals surface area contributed by atoms with Crippen LogP contribution < -0.4 is 10.6 Å². The van der Waals surface area contributed by atoms with Crippen LogP contribution in [0.4, 0.5) is 10.5 Å². The van der Waals surface area contributed by atoms with Crippen LogP contribution in [0.5, 0.6) is 0 Å². The Kier molecular flexibility index (Phi) is 4.72. The minimum Gasteiger partial charge on any atom is -0.444 e. The Bertz CT molecular complexity index is 579. The van der Waals surface area contributed by atoms with Gasteiger partial charge in [-0.2, -0.15) is 0 Å². The average Bonchev–Trinajstić information content (AvgIpc) is 3.08. The molecule has 2 fully saturated rings. The fourth-order valence-electron chi connectivity index (χ4n) is 3.87. The van der Waals surface area contributed by atoms with Gasteiger partial charge in [0.15, 0.2) is 0 Å². The van der Waals surface area contributed by atoms with E-state index in [1.807, 2.05) is 25.7 Å². The largest absolute Gasteiger partial charge is 0.444 e. The lowest BCUT2D eigenvalue weighted by atomic mass is 10.1. The van der Waals surface area contributed by atoms with Crippen LogP contribution in [0.2, 0.25) is 0 Å². The Morgan fingerprint density at radius 1 is 1.17 bits per heavy atom. The summed E-state index contributed by atoms with van der Waals surface area (Å²) in [6, 6.07) is 9.36. The van der Waals surface area contributed by atoms with E-state index in [4.69, 9.17) is 10.5 Å². The summed E-state index contributed by atoms with van der Waals surface area (Å²) < 4.78 is 5.57. The molecule has 2 N–H and O–H groups in total. The number of anilines is 1. The maximum atomic E-state index is 12.4. The Labute approximate surface area is 144 Å². The van der Waals surface area contributed by atoms with Gasteiger partial charge in [0.2, 0.25) is 0 Å². The number of amides is 1. The van der Waals surface area contributed by atoms with Crippen LogP contribution in [0.3, 0.4) is 0 Å². The summed E-state index contributed by atoms with van der Waals surface area (Å²) in [7, 11) is 0. The summed E-state index contributed by atoms with van der Waals surface area (Å²) in [4.78, 5) is 16.8. The van der Waals surface area contributed by atoms with E-state index >= 15 is 0 Å². The minimum absolute atomic E-state index is 0.171. The fourth-order valence-corrected chi connectivity index (χ4v) is 3.87. The zero-order chi connectivity index (χ0) is 17.3. The van der Waals surface area contributed by atoms with E-state index < -0.39 is 5.60 Å². The smallest absolute Gasteiger partial charge is 0.410 e. The van der Waals surface area contributed by atoms with Crippen LogP contribution in [0.25, 0.3) is 0 Å². The van der Waals surface area contributed by atoms with E-state index in [1.165, 1.54) is 11.3 Å². The number of likely N-dealkylation sites (tertiary alicyclic amines) is 1. The number of nitrogens with zero attached hydrogens (tertiary/aromatic N) is 2. The molecular formula is C19H29N3O2. The summed E-state index contributed by atoms with van der Waals surface area (Å²) in [5.41, 5.74) is 7.70. The highest BCUT2D eigenvalue weighted by Gasteiger charge is 2.45. The maximum absolute atomic E-state index is 12.4. The van der Waals surface area contributed by atoms with Gasteiger partial charge >= 0.3 is 6.09 Å². The number of hydrogen-bond acceptors (Lipinski definition) is 4. The molecule has 2 aliphatic rings. The van der Waals surface area contributed by atoms with Gasteiger partial charge in [-0.15, -0.1) is 0 Å². The Morgan fingerprint density at radius 3 is 2.46 bits per heavy atom. The number of ether oxygens (including phenoxy) is 1. The van der Waals surface area contributed by atoms with Gasteiger partial charge in [-0.25, -0.2) is 4.79 Å². The Morgan fingerprint density at radius 2 is 1.83 bits per heavy atom. The Hall–Kier alpha value is -1.75. The number of rotatable bonds is 3. The van der Waals surface area contributed by atoms with E-state index in [-0.39, 0.29) is 12.1 Å². The topological polar surface area (TPSA) is 58.8 Å². The standard InChI is InChI=1S/C19H29N3O2/c1-19(2,3)24-18(23)22-13-10-16-17(22)9-12-21(16)15-6-4-14(5-7-15)8-11-20/h4-7,16-17H,8-13,20H2,1-3H3. The van der Waals surface area contributed by atoms with Crippen molar-refractivity contribution in [1.29, 1.82) is 0 Å². The monoisotopic (exact) mass is 331 g/mol. The quantitative estimate of drug-likeness (QED) is 0.925. The highest BCUT2D eigenvalue weighted by Crippen LogP contribution is 2.35. The molecule has 0 aliphatic carbocycles. The van der Waals surface area contributed by atoms with Gasteiger partial charge in [0, 0.05) is 18.8 Å². The van der Waals surface area contributed by atoms with Gasteiger partial charge in [0.25, 0.3) is 0 Å². The number of carbonyl (C=O) groups excluding carboxylic acids is 1. The van der Waals surface area contributed by atoms with Gasteiger partial charge in [0.05, 0.1) is 12.1 Å². The summed E-state index contributed by atoms with van der Waals surface area (Å²) >= 11 is 0. The van der Waals surface area contributed by atoms with Crippen molar-refractivity contribution in [2.24, 2.45) is 5.73 Å². The van der Waals surface area contributed by atoms with Gasteiger partial charge < -0.3 is 20.3 Å². The SMILES string of the molecule is CC(C)(C)OC(=O)N1CCC2C1CCN2c1ccc(CCN)cc1. The van der Waals surface area contributed by atoms with Crippen molar-refractivity contribution in [2.75, 3.05) is 24.5 Å². The highest BCUT2D eigenvalue weighted by molar-refractivity contribution is 5.70. The molecule has 0 spiro atoms. The number of benzene rings is 1. The lowest BCUT2D eigenvalue weighted by Crippen LogP contribution is -2.42. The molecule has 2 atom stereocenters. The number of hydrogen-bond donors (Lipinski definition) is 1. The van der Waals surface area contributed by atoms with Crippen LogP contribution in [-0.2, 0) is 11.2 Å². The molecule has 0 bridgehead atoms. The zero-order valence-corrected chi connectivity index (χ0v) is 15.0. The minimum atomic E-state index is -0.438. The molecule has 3 rings (SSSR count). The lowest BCUT2D eigenvalue weighted by Gasteiger charge is -2.29. The molecule has 1 amide bonds. The third-order valence-electron chi connectivity index (χ3n) is 4.91. The number of fused-ring (bicyclic) bond motifs is 1. The molecule has 0 aromatic heterocycles. The van der Waals surface area contributed by atoms with Crippen molar-refractivity contribution < 1.29 is 9.53 Å². The molecule has 5 nitrogen and oxygen atoms in total. The molecule has 2 heterocycles. The van der Waals surface area contributed by atoms with Gasteiger partial charge in [-0.3, -0.25) is 0 Å². The lowest BCUT2D eigenvalue weighted by molar-refractivity contribution is 0.0228. The van der Waals surface area contributed by atoms with Crippen molar-refractivity contribution in [3.63, 3.8) is 0 Å². The zero-order valence-electron chi connectivity index (χ0n) is 15.0. The third-order valence-corrected chi connectivity index (χ3v) is 4.91. The van der Waals surface area contributed by atoms with E-state index in [0.717, 1.165) is 32.4 Å². The van der Waals surface area contributed by atoms with Crippen molar-refractivity contribution >= 4 is 11.8 Å². The van der Waals surface area contributed by atoms with Crippen LogP contribution in [0.1, 0.15) is 39.2 Å². The second-order valence-corrected chi connectivity index (χ2v) is 7.78. The first-order chi connectivity index (χ1) is 11.4. The predicted octanol–water partition coefficient (Wildman–Crippen LogP) is 2.78. The normalized spacial score (nSPS) is 23.5. The van der Waals surface area contributed by atoms with Gasteiger partial charge in [0.1, 0.15) is 5.60 Å². The third kappa shape index (κ3) is 3.51. The molecule has 1 aromatic rings. The van der Waals surface area contributed by atoms with Crippen LogP contribution in [0, 0.1) is 0 Å². The second kappa shape index (κ2) is 6.63. The number of carbonyl (C=O) groups is 1. The fraction of sp³-hybridized carbons (Fsp3) is 0.632. The molecule has 0 saturated carbocycles. The van der Waals surface area contributed by atoms with Crippen molar-refractivity contribution in [3.05, 3.63) is 29.8 Å². The summed E-state index contributed by atoms with van der Waals surface area (Å²) in [5.74, 6) is 0. The first kappa shape index (κ1) is 17.1. The van der Waals surface area contributed by atoms with E-state index in [2.05, 4.69) is 29.2 Å². The van der Waals surface area contributed by atoms with Crippen molar-refractivity contribution in [1.82, 2.24) is 4.90 Å². The van der Waals surface area contributed by atoms with E-state index in [9.17, 15) is 4.79 Å². The van der Waals surface area contributed by atoms with Crippen molar-refractivity contribution in [2.45, 2.75) is 57.7 Å². The van der Waals surface area contributed by atoms with Gasteiger partial charge in [-0.1, -0.05) is 12.1 Å². The maximum Gasteiger partial charge on any atom is 0.410 e. The molecule has 132 valence electrons. The average molecular weight is 331 g/mol. The molecule has 24 heavy (non-hydrogen) atoms. The summed E-state index contributed by atoms with van der Waals surface area (Å²) in [6.45, 7) is 8.21. The van der Waals surface area contributed by atoms with Crippen LogP contribution in [-0.4, -0.2) is 48.3 Å². The first-order valence-electron chi connectivity index (χ1n) is 8.94.